The second kappa shape index (κ2) is 5.47. The molecule has 0 saturated carbocycles. The van der Waals surface area contributed by atoms with E-state index >= 15 is 0 Å². The number of thioether (sulfide) groups is 1. The molecule has 2 heterocycles. The minimum absolute atomic E-state index is 0.0264. The lowest BCUT2D eigenvalue weighted by molar-refractivity contribution is 0.122. The third-order valence-corrected chi connectivity index (χ3v) is 3.04. The summed E-state index contributed by atoms with van der Waals surface area (Å²) < 4.78 is 5.30. The van der Waals surface area contributed by atoms with Crippen molar-refractivity contribution in [2.45, 2.75) is 11.8 Å². The van der Waals surface area contributed by atoms with Crippen LogP contribution in [0.2, 0.25) is 0 Å². The molecule has 0 aromatic carbocycles. The van der Waals surface area contributed by atoms with Crippen LogP contribution in [0.5, 0.6) is 0 Å². The van der Waals surface area contributed by atoms with Gasteiger partial charge in [0.2, 0.25) is 0 Å². The first kappa shape index (κ1) is 11.6. The maximum Gasteiger partial charge on any atom is 0.189 e. The largest absolute Gasteiger partial charge is 0.391 e. The van der Waals surface area contributed by atoms with Gasteiger partial charge in [-0.1, -0.05) is 11.8 Å². The zero-order chi connectivity index (χ0) is 11.4. The summed E-state index contributed by atoms with van der Waals surface area (Å²) in [6, 6.07) is 0. The summed E-state index contributed by atoms with van der Waals surface area (Å²) in [6.45, 7) is 3.03. The van der Waals surface area contributed by atoms with Crippen LogP contribution in [-0.4, -0.2) is 47.6 Å². The second-order valence-corrected chi connectivity index (χ2v) is 4.24. The molecule has 1 aliphatic heterocycles. The van der Waals surface area contributed by atoms with E-state index in [4.69, 9.17) is 4.74 Å². The number of hydrogen-bond donors (Lipinski definition) is 1. The molecule has 0 spiro atoms. The highest BCUT2D eigenvalue weighted by molar-refractivity contribution is 7.98. The number of ether oxygens (including phenoxy) is 1. The van der Waals surface area contributed by atoms with E-state index < -0.39 is 0 Å². The molecule has 5 nitrogen and oxygen atoms in total. The molecule has 6 heteroatoms. The van der Waals surface area contributed by atoms with Crippen molar-refractivity contribution in [1.82, 2.24) is 9.97 Å². The first-order valence-corrected chi connectivity index (χ1v) is 6.41. The van der Waals surface area contributed by atoms with Gasteiger partial charge in [-0.3, -0.25) is 0 Å². The number of hydrogen-bond acceptors (Lipinski definition) is 6. The van der Waals surface area contributed by atoms with Crippen LogP contribution in [0.25, 0.3) is 0 Å². The quantitative estimate of drug-likeness (QED) is 0.615. The monoisotopic (exact) mass is 241 g/mol. The van der Waals surface area contributed by atoms with Gasteiger partial charge in [0, 0.05) is 24.8 Å². The number of aromatic nitrogens is 2. The van der Waals surface area contributed by atoms with E-state index in [0.717, 1.165) is 29.6 Å². The first-order chi connectivity index (χ1) is 7.85. The zero-order valence-corrected chi connectivity index (χ0v) is 10.0. The van der Waals surface area contributed by atoms with E-state index in [1.54, 1.807) is 6.20 Å². The predicted molar refractivity (Wildman–Crippen MR) is 62.8 cm³/mol. The number of anilines is 1. The highest BCUT2D eigenvalue weighted by Gasteiger charge is 2.16. The lowest BCUT2D eigenvalue weighted by atomic mass is 10.3. The Hall–Kier alpha value is -0.850. The Bertz CT molecular complexity index is 356. The van der Waals surface area contributed by atoms with E-state index in [-0.39, 0.29) is 6.61 Å². The second-order valence-electron chi connectivity index (χ2n) is 3.46. The lowest BCUT2D eigenvalue weighted by Crippen LogP contribution is -2.37. The molecule has 2 rings (SSSR count). The predicted octanol–water partition coefficient (Wildman–Crippen LogP) is 0.527. The number of aliphatic hydroxyl groups is 1. The van der Waals surface area contributed by atoms with E-state index in [1.165, 1.54) is 11.8 Å². The summed E-state index contributed by atoms with van der Waals surface area (Å²) in [5, 5.41) is 10.0. The van der Waals surface area contributed by atoms with Gasteiger partial charge in [-0.25, -0.2) is 9.97 Å². The van der Waals surface area contributed by atoms with Gasteiger partial charge in [-0.15, -0.1) is 0 Å². The van der Waals surface area contributed by atoms with Crippen LogP contribution in [0.1, 0.15) is 5.56 Å². The summed E-state index contributed by atoms with van der Waals surface area (Å²) in [5.74, 6) is 0.838. The fourth-order valence-electron chi connectivity index (χ4n) is 1.64. The molecule has 1 aromatic heterocycles. The van der Waals surface area contributed by atoms with Crippen molar-refractivity contribution in [3.8, 4) is 0 Å². The molecular weight excluding hydrogens is 226 g/mol. The standard InChI is InChI=1S/C10H15N3O2S/c1-16-10-11-6-8(7-14)9(12-10)13-2-4-15-5-3-13/h6,14H,2-5,7H2,1H3. The molecule has 1 N–H and O–H groups in total. The molecule has 0 aliphatic carbocycles. The summed E-state index contributed by atoms with van der Waals surface area (Å²) in [7, 11) is 0. The molecule has 1 aliphatic rings. The van der Waals surface area contributed by atoms with Crippen molar-refractivity contribution in [1.29, 1.82) is 0 Å². The average Bonchev–Trinajstić information content (AvgIpc) is 2.39. The normalized spacial score (nSPS) is 16.5. The van der Waals surface area contributed by atoms with Crippen LogP contribution in [0.15, 0.2) is 11.4 Å². The SMILES string of the molecule is CSc1ncc(CO)c(N2CCOCC2)n1. The Morgan fingerprint density at radius 1 is 1.50 bits per heavy atom. The van der Waals surface area contributed by atoms with Crippen LogP contribution in [0.4, 0.5) is 5.82 Å². The topological polar surface area (TPSA) is 58.5 Å². The molecule has 1 fully saturated rings. The van der Waals surface area contributed by atoms with Crippen LogP contribution < -0.4 is 4.90 Å². The van der Waals surface area contributed by atoms with E-state index in [2.05, 4.69) is 14.9 Å². The number of rotatable bonds is 3. The van der Waals surface area contributed by atoms with E-state index in [0.29, 0.717) is 13.2 Å². The molecular formula is C10H15N3O2S. The van der Waals surface area contributed by atoms with Crippen molar-refractivity contribution >= 4 is 17.6 Å². The molecule has 1 saturated heterocycles. The average molecular weight is 241 g/mol. The van der Waals surface area contributed by atoms with Gasteiger partial charge in [-0.2, -0.15) is 0 Å². The van der Waals surface area contributed by atoms with Crippen molar-refractivity contribution < 1.29 is 9.84 Å². The van der Waals surface area contributed by atoms with Gasteiger partial charge in [0.1, 0.15) is 5.82 Å². The Labute approximate surface area is 98.8 Å². The highest BCUT2D eigenvalue weighted by Crippen LogP contribution is 2.21. The molecule has 0 unspecified atom stereocenters. The Morgan fingerprint density at radius 3 is 2.88 bits per heavy atom. The summed E-state index contributed by atoms with van der Waals surface area (Å²) in [4.78, 5) is 10.7. The highest BCUT2D eigenvalue weighted by atomic mass is 32.2. The molecule has 16 heavy (non-hydrogen) atoms. The van der Waals surface area contributed by atoms with Crippen molar-refractivity contribution in [3.05, 3.63) is 11.8 Å². The van der Waals surface area contributed by atoms with Crippen molar-refractivity contribution in [2.24, 2.45) is 0 Å². The minimum Gasteiger partial charge on any atom is -0.391 e. The summed E-state index contributed by atoms with van der Waals surface area (Å²) >= 11 is 1.50. The van der Waals surface area contributed by atoms with Gasteiger partial charge >= 0.3 is 0 Å². The molecule has 0 bridgehead atoms. The maximum atomic E-state index is 9.27. The fourth-order valence-corrected chi connectivity index (χ4v) is 1.98. The van der Waals surface area contributed by atoms with Crippen LogP contribution >= 0.6 is 11.8 Å². The van der Waals surface area contributed by atoms with Crippen LogP contribution in [0.3, 0.4) is 0 Å². The lowest BCUT2D eigenvalue weighted by Gasteiger charge is -2.29. The molecule has 0 radical (unpaired) electrons. The molecule has 88 valence electrons. The summed E-state index contributed by atoms with van der Waals surface area (Å²) in [5.41, 5.74) is 0.778. The van der Waals surface area contributed by atoms with Gasteiger partial charge in [0.15, 0.2) is 5.16 Å². The maximum absolute atomic E-state index is 9.27. The number of aliphatic hydroxyl groups excluding tert-OH is 1. The third kappa shape index (κ3) is 2.45. The molecule has 1 aromatic rings. The van der Waals surface area contributed by atoms with E-state index in [9.17, 15) is 5.11 Å². The van der Waals surface area contributed by atoms with Gasteiger partial charge in [0.25, 0.3) is 0 Å². The molecule has 0 amide bonds. The van der Waals surface area contributed by atoms with Gasteiger partial charge in [0.05, 0.1) is 19.8 Å². The Morgan fingerprint density at radius 2 is 2.25 bits per heavy atom. The number of morpholine rings is 1. The summed E-state index contributed by atoms with van der Waals surface area (Å²) in [6.07, 6.45) is 3.64. The Kier molecular flexibility index (Phi) is 3.98. The van der Waals surface area contributed by atoms with Crippen molar-refractivity contribution in [2.75, 3.05) is 37.5 Å². The van der Waals surface area contributed by atoms with Gasteiger partial charge in [-0.05, 0) is 6.26 Å². The van der Waals surface area contributed by atoms with Crippen LogP contribution in [-0.2, 0) is 11.3 Å². The number of nitrogens with zero attached hydrogens (tertiary/aromatic N) is 3. The zero-order valence-electron chi connectivity index (χ0n) is 9.22. The van der Waals surface area contributed by atoms with Crippen molar-refractivity contribution in [3.63, 3.8) is 0 Å². The smallest absolute Gasteiger partial charge is 0.189 e. The molecule has 0 atom stereocenters. The first-order valence-electron chi connectivity index (χ1n) is 5.18. The van der Waals surface area contributed by atoms with E-state index in [1.807, 2.05) is 6.26 Å². The van der Waals surface area contributed by atoms with Crippen LogP contribution in [0, 0.1) is 0 Å². The fraction of sp³-hybridized carbons (Fsp3) is 0.600. The Balaban J connectivity index is 2.27. The minimum atomic E-state index is -0.0264. The van der Waals surface area contributed by atoms with Gasteiger partial charge < -0.3 is 14.7 Å². The third-order valence-electron chi connectivity index (χ3n) is 2.48.